The Balaban J connectivity index is -0.000000123. The average molecular weight is 977 g/mol. The molecule has 5 rings (SSSR count). The van der Waals surface area contributed by atoms with Gasteiger partial charge in [-0.15, -0.1) is 12.1 Å². The third-order valence-electron chi connectivity index (χ3n) is 6.39. The molecule has 2 fully saturated rings. The molecule has 0 atom stereocenters. The third-order valence-corrected chi connectivity index (χ3v) is 6.39. The predicted molar refractivity (Wildman–Crippen MR) is 192 cm³/mol. The van der Waals surface area contributed by atoms with Gasteiger partial charge in [0.15, 0.2) is 0 Å². The molecule has 0 unspecified atom stereocenters. The maximum atomic E-state index is 7.27. The van der Waals surface area contributed by atoms with E-state index < -0.39 is 0 Å². The molecule has 0 amide bonds. The van der Waals surface area contributed by atoms with Gasteiger partial charge in [0, 0.05) is 13.1 Å². The monoisotopic (exact) mass is 976 g/mol. The van der Waals surface area contributed by atoms with Crippen LogP contribution in [0.25, 0.3) is 11.5 Å². The van der Waals surface area contributed by atoms with Gasteiger partial charge in [-0.3, -0.25) is 0 Å². The third kappa shape index (κ3) is 27.5. The van der Waals surface area contributed by atoms with Crippen molar-refractivity contribution in [3.63, 3.8) is 0 Å². The van der Waals surface area contributed by atoms with Gasteiger partial charge in [0.2, 0.25) is 0 Å². The van der Waals surface area contributed by atoms with E-state index in [2.05, 4.69) is 63.4 Å². The van der Waals surface area contributed by atoms with Crippen LogP contribution in [0.2, 0.25) is 0 Å². The molecule has 0 aromatic heterocycles. The van der Waals surface area contributed by atoms with Crippen molar-refractivity contribution in [2.75, 3.05) is 7.05 Å². The first-order valence-corrected chi connectivity index (χ1v) is 15.6. The fraction of sp³-hybridized carbons (Fsp3) is 0.583. The molecule has 0 spiro atoms. The van der Waals surface area contributed by atoms with Crippen LogP contribution in [-0.4, -0.2) is 33.8 Å². The van der Waals surface area contributed by atoms with Gasteiger partial charge in [-0.05, 0) is 43.0 Å². The maximum absolute atomic E-state index is 7.27. The van der Waals surface area contributed by atoms with Gasteiger partial charge in [0.05, 0.1) is 0 Å². The van der Waals surface area contributed by atoms with E-state index >= 15 is 0 Å². The van der Waals surface area contributed by atoms with E-state index in [1.807, 2.05) is 67.7 Å². The van der Waals surface area contributed by atoms with E-state index in [4.69, 9.17) is 11.5 Å². The Bertz CT molecular complexity index is 702. The van der Waals surface area contributed by atoms with E-state index in [-0.39, 0.29) is 76.5 Å². The molecule has 2 saturated carbocycles. The van der Waals surface area contributed by atoms with Gasteiger partial charge in [0.25, 0.3) is 0 Å². The Labute approximate surface area is 305 Å². The van der Waals surface area contributed by atoms with Crippen molar-refractivity contribution in [3.8, 4) is 0 Å². The van der Waals surface area contributed by atoms with Gasteiger partial charge in [0.1, 0.15) is 0 Å². The Hall–Kier alpha value is -0.803. The van der Waals surface area contributed by atoms with Crippen molar-refractivity contribution in [3.05, 3.63) is 107 Å². The molecule has 4 aliphatic rings. The molecule has 8 heteroatoms. The van der Waals surface area contributed by atoms with Gasteiger partial charge >= 0.3 is 42.1 Å². The van der Waals surface area contributed by atoms with Crippen molar-refractivity contribution >= 4 is 0 Å². The Morgan fingerprint density at radius 3 is 1.32 bits per heavy atom. The molecule has 44 heavy (non-hydrogen) atoms. The Kier molecular flexibility index (Phi) is 48.5. The molecule has 0 saturated heterocycles. The van der Waals surface area contributed by atoms with Crippen LogP contribution in [0, 0.1) is 35.6 Å². The molecule has 1 aromatic rings. The van der Waals surface area contributed by atoms with Crippen LogP contribution in [0.1, 0.15) is 117 Å². The summed E-state index contributed by atoms with van der Waals surface area (Å²) in [5.74, 6) is 0. The summed E-state index contributed by atoms with van der Waals surface area (Å²) in [5.41, 5.74) is 17.2. The Morgan fingerprint density at radius 1 is 0.659 bits per heavy atom. The summed E-state index contributed by atoms with van der Waals surface area (Å²) in [7, 11) is 2.04. The zero-order valence-electron chi connectivity index (χ0n) is 29.9. The average Bonchev–Trinajstić information content (AvgIpc) is 3.66. The van der Waals surface area contributed by atoms with E-state index in [1.54, 1.807) is 0 Å². The van der Waals surface area contributed by atoms with Crippen molar-refractivity contribution in [2.24, 2.45) is 0 Å². The number of nitrogens with zero attached hydrogens (tertiary/aromatic N) is 3. The summed E-state index contributed by atoms with van der Waals surface area (Å²) in [6, 6.07) is 9.35. The number of nitrogens with one attached hydrogen (secondary N) is 3. The minimum absolute atomic E-state index is 0. The predicted octanol–water partition coefficient (Wildman–Crippen LogP) is 10.9. The van der Waals surface area contributed by atoms with Crippen LogP contribution >= 0.6 is 0 Å². The first-order valence-electron chi connectivity index (χ1n) is 15.6. The van der Waals surface area contributed by atoms with Gasteiger partial charge < -0.3 is 53.8 Å². The molecule has 2 heterocycles. The molecule has 2 aliphatic heterocycles. The molecule has 0 radical (unpaired) electrons. The Morgan fingerprint density at radius 2 is 1.05 bits per heavy atom. The molecular formula is C36H70N6Pt2-3. The molecule has 1 aromatic carbocycles. The SMILES string of the molecule is CC.CC.CC.CN1C=CN(Cc2ccc(CN3C=CN[CH-]3)cc2)[CH-]1.[CH3-].[CH3-].[CH3-].[NH-]C1CCCCC1.[NH-]C1CCCCC1.[Pt+4].[PtH]. The van der Waals surface area contributed by atoms with Gasteiger partial charge in [-0.2, -0.15) is 13.3 Å². The molecular weight excluding hydrogens is 907 g/mol. The van der Waals surface area contributed by atoms with Crippen LogP contribution in [0.5, 0.6) is 0 Å². The van der Waals surface area contributed by atoms with Gasteiger partial charge in [-0.1, -0.05) is 130 Å². The zero-order chi connectivity index (χ0) is 29.3. The van der Waals surface area contributed by atoms with Crippen LogP contribution < -0.4 is 5.32 Å². The van der Waals surface area contributed by atoms with Gasteiger partial charge in [-0.25, -0.2) is 0 Å². The molecule has 3 N–H and O–H groups in total. The van der Waals surface area contributed by atoms with E-state index in [0.717, 1.165) is 38.8 Å². The topological polar surface area (TPSA) is 69.3 Å². The second kappa shape index (κ2) is 38.4. The quantitative estimate of drug-likeness (QED) is 0.305. The summed E-state index contributed by atoms with van der Waals surface area (Å²) in [6.07, 6.45) is 20.7. The first kappa shape index (κ1) is 55.6. The second-order valence-electron chi connectivity index (χ2n) is 9.52. The molecule has 2 aliphatic carbocycles. The zero-order valence-corrected chi connectivity index (χ0v) is 34.6. The number of benzene rings is 1. The summed E-state index contributed by atoms with van der Waals surface area (Å²) >= 11 is 0. The van der Waals surface area contributed by atoms with Crippen LogP contribution in [0.4, 0.5) is 0 Å². The van der Waals surface area contributed by atoms with E-state index in [0.29, 0.717) is 0 Å². The minimum atomic E-state index is 0. The fourth-order valence-corrected chi connectivity index (χ4v) is 4.39. The van der Waals surface area contributed by atoms with Crippen molar-refractivity contribution in [1.29, 1.82) is 0 Å². The normalized spacial score (nSPS) is 16.0. The standard InChI is InChI=1S/C15H18N4.2C6H12N.3C2H6.3CH3.2Pt.H/c1-17-8-9-19(13-17)11-15-4-2-14(3-5-15)10-18-7-6-16-12-18;2*7-6-4-2-1-3-5-6;3*1-2;;;;;;/h2-9,12-13,16H,10-11H2,1H3;2*6-7H,1-5H2;3*1-2H3;3*1H3;;;/q-2;2*-1;;;;3*-1;;+4;. The summed E-state index contributed by atoms with van der Waals surface area (Å²) in [4.78, 5) is 6.35. The fourth-order valence-electron chi connectivity index (χ4n) is 4.39. The van der Waals surface area contributed by atoms with E-state index in [1.165, 1.54) is 49.7 Å². The summed E-state index contributed by atoms with van der Waals surface area (Å²) in [5, 5.41) is 3.05. The van der Waals surface area contributed by atoms with Crippen molar-refractivity contribution in [2.45, 2.75) is 131 Å². The molecule has 267 valence electrons. The van der Waals surface area contributed by atoms with Crippen molar-refractivity contribution in [1.82, 2.24) is 20.0 Å². The van der Waals surface area contributed by atoms with Crippen LogP contribution in [-0.2, 0) is 55.2 Å². The number of rotatable bonds is 4. The second-order valence-corrected chi connectivity index (χ2v) is 9.52. The first-order chi connectivity index (χ1) is 19.1. The summed E-state index contributed by atoms with van der Waals surface area (Å²) in [6.45, 7) is 17.9. The van der Waals surface area contributed by atoms with Crippen LogP contribution in [0.15, 0.2) is 49.1 Å². The van der Waals surface area contributed by atoms with Crippen LogP contribution in [0.3, 0.4) is 0 Å². The number of hydrogen-bond acceptors (Lipinski definition) is 4. The van der Waals surface area contributed by atoms with Crippen molar-refractivity contribution < 1.29 is 42.1 Å². The van der Waals surface area contributed by atoms with E-state index in [9.17, 15) is 0 Å². The molecule has 0 bridgehead atoms. The molecule has 6 nitrogen and oxygen atoms in total. The number of hydrogen-bond donors (Lipinski definition) is 1. The summed E-state index contributed by atoms with van der Waals surface area (Å²) < 4.78 is 0.